The number of guanidine groups is 1. The number of hydrogen-bond acceptors (Lipinski definition) is 2. The molecular weight excluding hydrogens is 472 g/mol. The number of nitrogens with one attached hydrogen (secondary N) is 1. The second-order valence-corrected chi connectivity index (χ2v) is 5.81. The molecule has 0 aliphatic heterocycles. The average Bonchev–Trinajstić information content (AvgIpc) is 2.99. The number of halogens is 4. The monoisotopic (exact) mass is 496 g/mol. The maximum Gasteiger partial charge on any atom is 0.416 e. The van der Waals surface area contributed by atoms with E-state index in [0.717, 1.165) is 17.8 Å². The molecule has 1 heterocycles. The zero-order valence-electron chi connectivity index (χ0n) is 15.5. The van der Waals surface area contributed by atoms with E-state index in [2.05, 4.69) is 10.3 Å². The summed E-state index contributed by atoms with van der Waals surface area (Å²) in [6, 6.07) is 8.86. The molecule has 0 aliphatic carbocycles. The minimum Gasteiger partial charge on any atom is -0.492 e. The highest BCUT2D eigenvalue weighted by Gasteiger charge is 2.30. The van der Waals surface area contributed by atoms with Gasteiger partial charge in [0.1, 0.15) is 12.4 Å². The molecule has 27 heavy (non-hydrogen) atoms. The highest BCUT2D eigenvalue weighted by Crippen LogP contribution is 2.31. The van der Waals surface area contributed by atoms with E-state index >= 15 is 0 Å². The maximum atomic E-state index is 12.7. The molecule has 150 valence electrons. The molecule has 1 aromatic heterocycles. The van der Waals surface area contributed by atoms with Crippen LogP contribution in [0.3, 0.4) is 0 Å². The van der Waals surface area contributed by atoms with Crippen LogP contribution in [-0.2, 0) is 19.8 Å². The van der Waals surface area contributed by atoms with Crippen molar-refractivity contribution in [3.8, 4) is 5.75 Å². The van der Waals surface area contributed by atoms with Gasteiger partial charge in [0.15, 0.2) is 5.96 Å². The molecule has 2 rings (SSSR count). The SMILES string of the molecule is CN=C(NCCOc1cccc(C(F)(F)F)c1)N(C)Cc1cccn1C.I. The van der Waals surface area contributed by atoms with Gasteiger partial charge in [-0.2, -0.15) is 13.2 Å². The molecule has 0 fully saturated rings. The van der Waals surface area contributed by atoms with Crippen LogP contribution in [0, 0.1) is 0 Å². The van der Waals surface area contributed by atoms with Crippen molar-refractivity contribution in [2.24, 2.45) is 12.0 Å². The molecule has 5 nitrogen and oxygen atoms in total. The Labute approximate surface area is 174 Å². The lowest BCUT2D eigenvalue weighted by Crippen LogP contribution is -2.40. The van der Waals surface area contributed by atoms with Crippen molar-refractivity contribution in [1.29, 1.82) is 0 Å². The van der Waals surface area contributed by atoms with Crippen molar-refractivity contribution in [2.45, 2.75) is 12.7 Å². The molecular formula is C18H24F3IN4O. The van der Waals surface area contributed by atoms with Crippen molar-refractivity contribution in [3.63, 3.8) is 0 Å². The van der Waals surface area contributed by atoms with E-state index in [1.54, 1.807) is 7.05 Å². The molecule has 1 aromatic carbocycles. The predicted molar refractivity (Wildman–Crippen MR) is 111 cm³/mol. The number of hydrogen-bond donors (Lipinski definition) is 1. The minimum absolute atomic E-state index is 0. The number of aromatic nitrogens is 1. The molecule has 0 aliphatic rings. The molecule has 0 bridgehead atoms. The Bertz CT molecular complexity index is 746. The van der Waals surface area contributed by atoms with Gasteiger partial charge < -0.3 is 19.5 Å². The minimum atomic E-state index is -4.38. The van der Waals surface area contributed by atoms with Crippen LogP contribution >= 0.6 is 24.0 Å². The molecule has 0 radical (unpaired) electrons. The van der Waals surface area contributed by atoms with E-state index in [-0.39, 0.29) is 36.3 Å². The molecule has 0 amide bonds. The van der Waals surface area contributed by atoms with E-state index in [1.807, 2.05) is 41.9 Å². The zero-order valence-corrected chi connectivity index (χ0v) is 17.8. The van der Waals surface area contributed by atoms with Gasteiger partial charge in [0.25, 0.3) is 0 Å². The van der Waals surface area contributed by atoms with E-state index in [9.17, 15) is 13.2 Å². The molecule has 0 spiro atoms. The number of aliphatic imine (C=N–C) groups is 1. The Morgan fingerprint density at radius 1 is 1.26 bits per heavy atom. The number of rotatable bonds is 6. The van der Waals surface area contributed by atoms with Crippen molar-refractivity contribution in [2.75, 3.05) is 27.2 Å². The molecule has 1 N–H and O–H groups in total. The van der Waals surface area contributed by atoms with Crippen LogP contribution in [-0.4, -0.2) is 42.7 Å². The normalized spacial score (nSPS) is 11.7. The van der Waals surface area contributed by atoms with Crippen molar-refractivity contribution in [1.82, 2.24) is 14.8 Å². The first-order valence-electron chi connectivity index (χ1n) is 8.13. The predicted octanol–water partition coefficient (Wildman–Crippen LogP) is 3.75. The highest BCUT2D eigenvalue weighted by molar-refractivity contribution is 14.0. The Hall–Kier alpha value is -1.91. The van der Waals surface area contributed by atoms with E-state index in [4.69, 9.17) is 4.74 Å². The van der Waals surface area contributed by atoms with Crippen LogP contribution in [0.4, 0.5) is 13.2 Å². The van der Waals surface area contributed by atoms with Crippen LogP contribution in [0.25, 0.3) is 0 Å². The Kier molecular flexibility index (Phi) is 8.94. The van der Waals surface area contributed by atoms with E-state index < -0.39 is 11.7 Å². The van der Waals surface area contributed by atoms with Crippen LogP contribution in [0.15, 0.2) is 47.6 Å². The summed E-state index contributed by atoms with van der Waals surface area (Å²) in [7, 11) is 5.57. The van der Waals surface area contributed by atoms with Gasteiger partial charge in [-0.05, 0) is 30.3 Å². The molecule has 9 heteroatoms. The molecule has 2 aromatic rings. The van der Waals surface area contributed by atoms with Crippen molar-refractivity contribution >= 4 is 29.9 Å². The molecule has 0 atom stereocenters. The number of alkyl halides is 3. The highest BCUT2D eigenvalue weighted by atomic mass is 127. The van der Waals surface area contributed by atoms with Gasteiger partial charge in [0.2, 0.25) is 0 Å². The summed E-state index contributed by atoms with van der Waals surface area (Å²) in [5.41, 5.74) is 0.414. The number of ether oxygens (including phenoxy) is 1. The first-order valence-corrected chi connectivity index (χ1v) is 8.13. The third kappa shape index (κ3) is 6.96. The number of nitrogens with zero attached hydrogens (tertiary/aromatic N) is 3. The number of aryl methyl sites for hydroxylation is 1. The second kappa shape index (κ2) is 10.4. The van der Waals surface area contributed by atoms with Crippen molar-refractivity contribution < 1.29 is 17.9 Å². The van der Waals surface area contributed by atoms with Gasteiger partial charge in [-0.25, -0.2) is 0 Å². The summed E-state index contributed by atoms with van der Waals surface area (Å²) in [4.78, 5) is 6.16. The largest absolute Gasteiger partial charge is 0.492 e. The van der Waals surface area contributed by atoms with Gasteiger partial charge in [0, 0.05) is 33.0 Å². The van der Waals surface area contributed by atoms with Gasteiger partial charge in [-0.15, -0.1) is 24.0 Å². The number of benzene rings is 1. The Morgan fingerprint density at radius 3 is 2.59 bits per heavy atom. The Morgan fingerprint density at radius 2 is 2.00 bits per heavy atom. The summed E-state index contributed by atoms with van der Waals surface area (Å²) in [5.74, 6) is 0.868. The van der Waals surface area contributed by atoms with Gasteiger partial charge in [0.05, 0.1) is 18.7 Å². The third-order valence-corrected chi connectivity index (χ3v) is 3.84. The fourth-order valence-corrected chi connectivity index (χ4v) is 2.46. The molecule has 0 unspecified atom stereocenters. The molecule has 0 saturated heterocycles. The average molecular weight is 496 g/mol. The van der Waals surface area contributed by atoms with Gasteiger partial charge >= 0.3 is 6.18 Å². The van der Waals surface area contributed by atoms with Crippen molar-refractivity contribution in [3.05, 3.63) is 53.9 Å². The first-order chi connectivity index (χ1) is 12.3. The van der Waals surface area contributed by atoms with Crippen LogP contribution < -0.4 is 10.1 Å². The quantitative estimate of drug-likeness (QED) is 0.287. The third-order valence-electron chi connectivity index (χ3n) is 3.84. The maximum absolute atomic E-state index is 12.7. The standard InChI is InChI=1S/C18H23F3N4O.HI/c1-22-17(25(3)13-15-7-5-10-24(15)2)23-9-11-26-16-8-4-6-14(12-16)18(19,20)21;/h4-8,10,12H,9,11,13H2,1-3H3,(H,22,23);1H. The van der Waals surface area contributed by atoms with Crippen LogP contribution in [0.5, 0.6) is 5.75 Å². The summed E-state index contributed by atoms with van der Waals surface area (Å²) >= 11 is 0. The van der Waals surface area contributed by atoms with Gasteiger partial charge in [-0.1, -0.05) is 6.07 Å². The fraction of sp³-hybridized carbons (Fsp3) is 0.389. The lowest BCUT2D eigenvalue weighted by molar-refractivity contribution is -0.137. The summed E-state index contributed by atoms with van der Waals surface area (Å²) in [6.07, 6.45) is -2.40. The summed E-state index contributed by atoms with van der Waals surface area (Å²) in [5, 5.41) is 3.14. The topological polar surface area (TPSA) is 41.8 Å². The second-order valence-electron chi connectivity index (χ2n) is 5.81. The fourth-order valence-electron chi connectivity index (χ4n) is 2.46. The van der Waals surface area contributed by atoms with Crippen LogP contribution in [0.1, 0.15) is 11.3 Å². The summed E-state index contributed by atoms with van der Waals surface area (Å²) < 4.78 is 45.5. The van der Waals surface area contributed by atoms with Crippen LogP contribution in [0.2, 0.25) is 0 Å². The zero-order chi connectivity index (χ0) is 19.2. The summed E-state index contributed by atoms with van der Waals surface area (Å²) in [6.45, 7) is 1.32. The Balaban J connectivity index is 0.00000364. The lowest BCUT2D eigenvalue weighted by Gasteiger charge is -2.22. The lowest BCUT2D eigenvalue weighted by atomic mass is 10.2. The molecule has 0 saturated carbocycles. The first kappa shape index (κ1) is 23.1. The van der Waals surface area contributed by atoms with E-state index in [0.29, 0.717) is 19.0 Å². The smallest absolute Gasteiger partial charge is 0.416 e. The van der Waals surface area contributed by atoms with Gasteiger partial charge in [-0.3, -0.25) is 4.99 Å². The van der Waals surface area contributed by atoms with E-state index in [1.165, 1.54) is 12.1 Å².